The Hall–Kier alpha value is -2.18. The average Bonchev–Trinajstić information content (AvgIpc) is 3.59. The fourth-order valence-corrected chi connectivity index (χ4v) is 10.1. The molecule has 0 radical (unpaired) electrons. The van der Waals surface area contributed by atoms with Crippen molar-refractivity contribution < 1.29 is 47.6 Å². The quantitative estimate of drug-likeness (QED) is 0.0598. The summed E-state index contributed by atoms with van der Waals surface area (Å²) in [5, 5.41) is 0.722. The van der Waals surface area contributed by atoms with Crippen LogP contribution < -0.4 is 0 Å². The standard InChI is InChI=1S/C37H56O10S2/c1-5-25(3)36(40)47-32-21-24(2)20-27-11-10-26(4)31(35(27)32)13-12-28-22-29(23-34(39)45-28)46-37(41)44-18-16-42-15-17-43-33(38)9-7-6-8-30-14-19-48-49-30/h10-11,20,24-26,28-32,35H,5-9,12-19,21-23H2,1-4H3/t24-,25?,26+,28?,29?,30?,31?,32?,35?/m1/s1. The van der Waals surface area contributed by atoms with Crippen molar-refractivity contribution in [3.05, 3.63) is 23.8 Å². The number of ether oxygens (including phenoxy) is 6. The third-order valence-electron chi connectivity index (χ3n) is 10.0. The Kier molecular flexibility index (Phi) is 16.7. The van der Waals surface area contributed by atoms with Crippen LogP contribution in [0.2, 0.25) is 0 Å². The van der Waals surface area contributed by atoms with Crippen molar-refractivity contribution >= 4 is 45.7 Å². The number of cyclic esters (lactones) is 1. The highest BCUT2D eigenvalue weighted by Gasteiger charge is 2.42. The minimum Gasteiger partial charge on any atom is -0.463 e. The molecule has 7 unspecified atom stereocenters. The number of carbonyl (C=O) groups is 4. The van der Waals surface area contributed by atoms with E-state index in [1.54, 1.807) is 0 Å². The summed E-state index contributed by atoms with van der Waals surface area (Å²) in [5.74, 6) is 1.22. The fraction of sp³-hybridized carbons (Fsp3) is 0.784. The Morgan fingerprint density at radius 3 is 2.55 bits per heavy atom. The summed E-state index contributed by atoms with van der Waals surface area (Å²) in [4.78, 5) is 49.5. The van der Waals surface area contributed by atoms with E-state index in [2.05, 4.69) is 32.1 Å². The van der Waals surface area contributed by atoms with Crippen LogP contribution in [0.25, 0.3) is 0 Å². The minimum atomic E-state index is -0.855. The Labute approximate surface area is 299 Å². The first-order valence-corrected chi connectivity index (χ1v) is 20.7. The molecule has 49 heavy (non-hydrogen) atoms. The normalized spacial score (nSPS) is 30.0. The monoisotopic (exact) mass is 724 g/mol. The molecule has 0 saturated carbocycles. The lowest BCUT2D eigenvalue weighted by atomic mass is 9.65. The molecule has 0 bridgehead atoms. The summed E-state index contributed by atoms with van der Waals surface area (Å²) in [6, 6.07) is 0. The number of unbranched alkanes of at least 4 members (excludes halogenated alkanes) is 1. The molecular formula is C37H56O10S2. The van der Waals surface area contributed by atoms with E-state index < -0.39 is 18.2 Å². The molecule has 2 aliphatic heterocycles. The predicted octanol–water partition coefficient (Wildman–Crippen LogP) is 7.63. The molecule has 10 nitrogen and oxygen atoms in total. The Balaban J connectivity index is 1.12. The minimum absolute atomic E-state index is 0.0173. The van der Waals surface area contributed by atoms with Crippen molar-refractivity contribution in [3.8, 4) is 0 Å². The highest BCUT2D eigenvalue weighted by Crippen LogP contribution is 2.45. The first-order chi connectivity index (χ1) is 23.6. The van der Waals surface area contributed by atoms with Gasteiger partial charge >= 0.3 is 24.1 Å². The van der Waals surface area contributed by atoms with Gasteiger partial charge in [-0.2, -0.15) is 0 Å². The molecule has 2 saturated heterocycles. The lowest BCUT2D eigenvalue weighted by Crippen LogP contribution is -2.42. The van der Waals surface area contributed by atoms with Crippen LogP contribution in [0.4, 0.5) is 4.79 Å². The number of fused-ring (bicyclic) bond motifs is 1. The summed E-state index contributed by atoms with van der Waals surface area (Å²) in [7, 11) is 3.89. The van der Waals surface area contributed by atoms with E-state index in [4.69, 9.17) is 28.4 Å². The van der Waals surface area contributed by atoms with Gasteiger partial charge < -0.3 is 28.4 Å². The van der Waals surface area contributed by atoms with Crippen molar-refractivity contribution in [2.75, 3.05) is 32.2 Å². The number of rotatable bonds is 18. The summed E-state index contributed by atoms with van der Waals surface area (Å²) in [6.45, 7) is 8.73. The first-order valence-electron chi connectivity index (χ1n) is 18.3. The van der Waals surface area contributed by atoms with Crippen LogP contribution in [0.5, 0.6) is 0 Å². The SMILES string of the molecule is CCC(C)C(=O)OC1C[C@H](C)C=C2C=C[C@H](C)C(CCC3CC(OC(=O)OCCOCCOC(=O)CCCCC4CCSS4)CC(=O)O3)C21. The van der Waals surface area contributed by atoms with E-state index in [9.17, 15) is 19.2 Å². The van der Waals surface area contributed by atoms with Crippen LogP contribution in [-0.2, 0) is 42.8 Å². The molecule has 276 valence electrons. The number of carbonyl (C=O) groups excluding carboxylic acids is 4. The molecular weight excluding hydrogens is 669 g/mol. The summed E-state index contributed by atoms with van der Waals surface area (Å²) >= 11 is 0. The zero-order valence-electron chi connectivity index (χ0n) is 29.6. The summed E-state index contributed by atoms with van der Waals surface area (Å²) < 4.78 is 33.0. The maximum Gasteiger partial charge on any atom is 0.508 e. The van der Waals surface area contributed by atoms with Crippen LogP contribution >= 0.6 is 21.6 Å². The first kappa shape index (κ1) is 39.6. The third kappa shape index (κ3) is 13.1. The topological polar surface area (TPSA) is 124 Å². The number of allylic oxidation sites excluding steroid dienone is 3. The fourth-order valence-electron chi connectivity index (χ4n) is 7.09. The molecule has 2 fully saturated rings. The van der Waals surface area contributed by atoms with Gasteiger partial charge in [0, 0.05) is 29.8 Å². The van der Waals surface area contributed by atoms with Crippen molar-refractivity contribution in [2.24, 2.45) is 29.6 Å². The van der Waals surface area contributed by atoms with E-state index in [1.807, 2.05) is 35.4 Å². The zero-order chi connectivity index (χ0) is 35.2. The highest BCUT2D eigenvalue weighted by molar-refractivity contribution is 8.77. The maximum absolute atomic E-state index is 12.8. The van der Waals surface area contributed by atoms with Crippen LogP contribution in [0.15, 0.2) is 23.8 Å². The molecule has 0 spiro atoms. The number of hydrogen-bond donors (Lipinski definition) is 0. The molecule has 0 aromatic heterocycles. The zero-order valence-corrected chi connectivity index (χ0v) is 31.3. The molecule has 2 aliphatic carbocycles. The average molecular weight is 725 g/mol. The highest BCUT2D eigenvalue weighted by atomic mass is 33.1. The van der Waals surface area contributed by atoms with Crippen LogP contribution in [0.3, 0.4) is 0 Å². The second-order valence-electron chi connectivity index (χ2n) is 13.9. The maximum atomic E-state index is 12.8. The van der Waals surface area contributed by atoms with Crippen molar-refractivity contribution in [1.29, 1.82) is 0 Å². The smallest absolute Gasteiger partial charge is 0.463 e. The molecule has 0 aromatic carbocycles. The summed E-state index contributed by atoms with van der Waals surface area (Å²) in [5.41, 5.74) is 1.22. The van der Waals surface area contributed by atoms with Gasteiger partial charge in [-0.3, -0.25) is 14.4 Å². The van der Waals surface area contributed by atoms with Gasteiger partial charge in [0.2, 0.25) is 0 Å². The lowest BCUT2D eigenvalue weighted by Gasteiger charge is -2.43. The molecule has 4 aliphatic rings. The second kappa shape index (κ2) is 20.6. The predicted molar refractivity (Wildman–Crippen MR) is 190 cm³/mol. The molecule has 2 heterocycles. The molecule has 0 N–H and O–H groups in total. The van der Waals surface area contributed by atoms with Gasteiger partial charge in [-0.1, -0.05) is 73.9 Å². The Morgan fingerprint density at radius 2 is 1.80 bits per heavy atom. The van der Waals surface area contributed by atoms with Gasteiger partial charge in [-0.15, -0.1) is 0 Å². The molecule has 9 atom stereocenters. The van der Waals surface area contributed by atoms with E-state index in [-0.39, 0.29) is 80.7 Å². The van der Waals surface area contributed by atoms with E-state index >= 15 is 0 Å². The van der Waals surface area contributed by atoms with Gasteiger partial charge in [-0.05, 0) is 68.3 Å². The van der Waals surface area contributed by atoms with Gasteiger partial charge in [0.1, 0.15) is 31.5 Å². The second-order valence-corrected chi connectivity index (χ2v) is 16.7. The van der Waals surface area contributed by atoms with Crippen LogP contribution in [0.1, 0.15) is 98.3 Å². The van der Waals surface area contributed by atoms with Crippen molar-refractivity contribution in [2.45, 2.75) is 122 Å². The summed E-state index contributed by atoms with van der Waals surface area (Å²) in [6.07, 6.45) is 12.6. The molecule has 12 heteroatoms. The van der Waals surface area contributed by atoms with Crippen LogP contribution in [0, 0.1) is 29.6 Å². The largest absolute Gasteiger partial charge is 0.508 e. The van der Waals surface area contributed by atoms with Gasteiger partial charge in [0.25, 0.3) is 0 Å². The van der Waals surface area contributed by atoms with Crippen molar-refractivity contribution in [3.63, 3.8) is 0 Å². The van der Waals surface area contributed by atoms with Gasteiger partial charge in [-0.25, -0.2) is 4.79 Å². The molecule has 0 aromatic rings. The Morgan fingerprint density at radius 1 is 1.00 bits per heavy atom. The number of esters is 3. The molecule has 0 amide bonds. The van der Waals surface area contributed by atoms with E-state index in [0.29, 0.717) is 25.2 Å². The van der Waals surface area contributed by atoms with Gasteiger partial charge in [0.15, 0.2) is 0 Å². The Bertz CT molecular complexity index is 1150. The van der Waals surface area contributed by atoms with E-state index in [1.165, 1.54) is 17.7 Å². The lowest BCUT2D eigenvalue weighted by molar-refractivity contribution is -0.163. The van der Waals surface area contributed by atoms with E-state index in [0.717, 1.165) is 43.8 Å². The number of hydrogen-bond acceptors (Lipinski definition) is 12. The third-order valence-corrected chi connectivity index (χ3v) is 13.0. The van der Waals surface area contributed by atoms with Gasteiger partial charge in [0.05, 0.1) is 25.6 Å². The molecule has 4 rings (SSSR count). The van der Waals surface area contributed by atoms with Crippen molar-refractivity contribution in [1.82, 2.24) is 0 Å². The van der Waals surface area contributed by atoms with Crippen LogP contribution in [-0.4, -0.2) is 79.8 Å².